The van der Waals surface area contributed by atoms with Crippen molar-refractivity contribution in [3.05, 3.63) is 46.8 Å². The SMILES string of the molecule is CCOC(=O)c1cc(C)n(CC(=O)OCC(=O)c2ccc(O)c(NC(C)=O)c2)c1C. The molecule has 1 aromatic carbocycles. The standard InChI is InChI=1S/C21H24N2O7/c1-5-29-21(28)16-8-12(2)23(13(16)3)10-20(27)30-11-19(26)15-6-7-18(25)17(9-15)22-14(4)24/h6-9,25H,5,10-11H2,1-4H3,(H,22,24). The van der Waals surface area contributed by atoms with Crippen molar-refractivity contribution >= 4 is 29.3 Å². The largest absolute Gasteiger partial charge is 0.506 e. The predicted octanol–water partition coefficient (Wildman–Crippen LogP) is 2.37. The molecule has 0 aliphatic rings. The van der Waals surface area contributed by atoms with Gasteiger partial charge >= 0.3 is 11.9 Å². The van der Waals surface area contributed by atoms with Gasteiger partial charge in [-0.1, -0.05) is 0 Å². The fraction of sp³-hybridized carbons (Fsp3) is 0.333. The highest BCUT2D eigenvalue weighted by Gasteiger charge is 2.19. The molecule has 0 atom stereocenters. The monoisotopic (exact) mass is 416 g/mol. The number of ether oxygens (including phenoxy) is 2. The first-order valence-electron chi connectivity index (χ1n) is 9.27. The number of ketones is 1. The summed E-state index contributed by atoms with van der Waals surface area (Å²) in [5.74, 6) is -2.21. The summed E-state index contributed by atoms with van der Waals surface area (Å²) in [5.41, 5.74) is 1.87. The average molecular weight is 416 g/mol. The maximum Gasteiger partial charge on any atom is 0.339 e. The van der Waals surface area contributed by atoms with E-state index in [1.807, 2.05) is 0 Å². The molecule has 1 heterocycles. The van der Waals surface area contributed by atoms with Gasteiger partial charge < -0.3 is 24.5 Å². The van der Waals surface area contributed by atoms with Crippen molar-refractivity contribution in [3.8, 4) is 5.75 Å². The number of amides is 1. The van der Waals surface area contributed by atoms with Gasteiger partial charge in [-0.25, -0.2) is 4.79 Å². The van der Waals surface area contributed by atoms with E-state index >= 15 is 0 Å². The number of phenols is 1. The van der Waals surface area contributed by atoms with Crippen molar-refractivity contribution in [2.24, 2.45) is 0 Å². The Morgan fingerprint density at radius 3 is 2.43 bits per heavy atom. The summed E-state index contributed by atoms with van der Waals surface area (Å²) < 4.78 is 11.7. The number of nitrogens with zero attached hydrogens (tertiary/aromatic N) is 1. The normalized spacial score (nSPS) is 10.4. The second kappa shape index (κ2) is 9.73. The lowest BCUT2D eigenvalue weighted by molar-refractivity contribution is -0.143. The van der Waals surface area contributed by atoms with Crippen LogP contribution < -0.4 is 5.32 Å². The van der Waals surface area contributed by atoms with Crippen molar-refractivity contribution in [1.82, 2.24) is 4.57 Å². The molecule has 9 nitrogen and oxygen atoms in total. The molecule has 0 aliphatic heterocycles. The molecule has 0 aliphatic carbocycles. The van der Waals surface area contributed by atoms with Crippen molar-refractivity contribution in [1.29, 1.82) is 0 Å². The van der Waals surface area contributed by atoms with Gasteiger partial charge in [0.05, 0.1) is 17.9 Å². The van der Waals surface area contributed by atoms with Crippen molar-refractivity contribution in [2.75, 3.05) is 18.5 Å². The van der Waals surface area contributed by atoms with E-state index in [1.54, 1.807) is 31.4 Å². The number of aryl methyl sites for hydroxylation is 1. The fourth-order valence-electron chi connectivity index (χ4n) is 2.86. The lowest BCUT2D eigenvalue weighted by atomic mass is 10.1. The molecular weight excluding hydrogens is 392 g/mol. The van der Waals surface area contributed by atoms with Crippen LogP contribution >= 0.6 is 0 Å². The van der Waals surface area contributed by atoms with Crippen LogP contribution in [0.5, 0.6) is 5.75 Å². The molecule has 0 unspecified atom stereocenters. The number of carbonyl (C=O) groups is 4. The Bertz CT molecular complexity index is 991. The summed E-state index contributed by atoms with van der Waals surface area (Å²) in [6, 6.07) is 5.57. The Hall–Kier alpha value is -3.62. The molecule has 30 heavy (non-hydrogen) atoms. The number of esters is 2. The maximum atomic E-state index is 12.3. The number of benzene rings is 1. The third-order valence-corrected chi connectivity index (χ3v) is 4.35. The smallest absolute Gasteiger partial charge is 0.339 e. The molecule has 0 fully saturated rings. The van der Waals surface area contributed by atoms with Gasteiger partial charge in [0.25, 0.3) is 0 Å². The van der Waals surface area contributed by atoms with Crippen molar-refractivity contribution in [2.45, 2.75) is 34.2 Å². The number of hydrogen-bond acceptors (Lipinski definition) is 7. The molecule has 9 heteroatoms. The molecule has 0 saturated heterocycles. The maximum absolute atomic E-state index is 12.3. The zero-order chi connectivity index (χ0) is 22.4. The molecule has 0 bridgehead atoms. The van der Waals surface area contributed by atoms with E-state index < -0.39 is 30.2 Å². The summed E-state index contributed by atoms with van der Waals surface area (Å²) in [4.78, 5) is 47.7. The molecule has 160 valence electrons. The van der Waals surface area contributed by atoms with Gasteiger partial charge in [-0.05, 0) is 45.0 Å². The van der Waals surface area contributed by atoms with Crippen molar-refractivity contribution in [3.63, 3.8) is 0 Å². The first-order valence-corrected chi connectivity index (χ1v) is 9.27. The van der Waals surface area contributed by atoms with Crippen LogP contribution in [0.2, 0.25) is 0 Å². The number of phenolic OH excluding ortho intramolecular Hbond substituents is 1. The summed E-state index contributed by atoms with van der Waals surface area (Å²) in [7, 11) is 0. The van der Waals surface area contributed by atoms with E-state index in [4.69, 9.17) is 9.47 Å². The lowest BCUT2D eigenvalue weighted by Gasteiger charge is -2.11. The molecule has 0 radical (unpaired) electrons. The number of hydrogen-bond donors (Lipinski definition) is 2. The summed E-state index contributed by atoms with van der Waals surface area (Å²) in [6.07, 6.45) is 0. The fourth-order valence-corrected chi connectivity index (χ4v) is 2.86. The van der Waals surface area contributed by atoms with Crippen LogP contribution in [-0.4, -0.2) is 46.5 Å². The zero-order valence-corrected chi connectivity index (χ0v) is 17.3. The van der Waals surface area contributed by atoms with E-state index in [0.717, 1.165) is 0 Å². The topological polar surface area (TPSA) is 124 Å². The van der Waals surface area contributed by atoms with Gasteiger partial charge in [-0.15, -0.1) is 0 Å². The Morgan fingerprint density at radius 1 is 1.10 bits per heavy atom. The summed E-state index contributed by atoms with van der Waals surface area (Å²) in [5, 5.41) is 12.1. The highest BCUT2D eigenvalue weighted by Crippen LogP contribution is 2.24. The number of rotatable bonds is 8. The van der Waals surface area contributed by atoms with Gasteiger partial charge in [-0.3, -0.25) is 14.4 Å². The van der Waals surface area contributed by atoms with Crippen LogP contribution in [0.1, 0.15) is 46.0 Å². The third kappa shape index (κ3) is 5.47. The number of Topliss-reactive ketones (excluding diaryl/α,β-unsaturated/α-hetero) is 1. The summed E-state index contributed by atoms with van der Waals surface area (Å²) in [6.45, 7) is 5.98. The van der Waals surface area contributed by atoms with Crippen LogP contribution in [0.15, 0.2) is 24.3 Å². The van der Waals surface area contributed by atoms with E-state index in [1.165, 1.54) is 25.1 Å². The minimum atomic E-state index is -0.651. The molecule has 0 saturated carbocycles. The Labute approximate surface area is 173 Å². The predicted molar refractivity (Wildman–Crippen MR) is 108 cm³/mol. The van der Waals surface area contributed by atoms with Gasteiger partial charge in [0.1, 0.15) is 12.3 Å². The van der Waals surface area contributed by atoms with E-state index in [0.29, 0.717) is 17.0 Å². The Morgan fingerprint density at radius 2 is 1.80 bits per heavy atom. The molecule has 2 aromatic rings. The van der Waals surface area contributed by atoms with Gasteiger partial charge in [0, 0.05) is 23.9 Å². The number of carbonyl (C=O) groups excluding carboxylic acids is 4. The van der Waals surface area contributed by atoms with Crippen molar-refractivity contribution < 1.29 is 33.8 Å². The second-order valence-corrected chi connectivity index (χ2v) is 6.59. The van der Waals surface area contributed by atoms with Crippen LogP contribution in [0, 0.1) is 13.8 Å². The molecule has 0 spiro atoms. The van der Waals surface area contributed by atoms with Gasteiger partial charge in [0.2, 0.25) is 5.91 Å². The highest BCUT2D eigenvalue weighted by molar-refractivity contribution is 6.00. The number of nitrogens with one attached hydrogen (secondary N) is 1. The second-order valence-electron chi connectivity index (χ2n) is 6.59. The van der Waals surface area contributed by atoms with Crippen LogP contribution in [-0.2, 0) is 25.6 Å². The van der Waals surface area contributed by atoms with Gasteiger partial charge in [0.15, 0.2) is 12.4 Å². The van der Waals surface area contributed by atoms with Crippen LogP contribution in [0.25, 0.3) is 0 Å². The quantitative estimate of drug-likeness (QED) is 0.385. The molecule has 1 amide bonds. The van der Waals surface area contributed by atoms with E-state index in [9.17, 15) is 24.3 Å². The first kappa shape index (κ1) is 22.7. The molecule has 2 rings (SSSR count). The number of aromatic hydroxyl groups is 1. The highest BCUT2D eigenvalue weighted by atomic mass is 16.5. The third-order valence-electron chi connectivity index (χ3n) is 4.35. The average Bonchev–Trinajstić information content (AvgIpc) is 2.96. The first-order chi connectivity index (χ1) is 14.1. The summed E-state index contributed by atoms with van der Waals surface area (Å²) >= 11 is 0. The minimum Gasteiger partial charge on any atom is -0.506 e. The van der Waals surface area contributed by atoms with Crippen LogP contribution in [0.3, 0.4) is 0 Å². The minimum absolute atomic E-state index is 0.0877. The van der Waals surface area contributed by atoms with Gasteiger partial charge in [-0.2, -0.15) is 0 Å². The Kier molecular flexibility index (Phi) is 7.35. The number of anilines is 1. The van der Waals surface area contributed by atoms with E-state index in [2.05, 4.69) is 5.32 Å². The molecule has 1 aromatic heterocycles. The lowest BCUT2D eigenvalue weighted by Crippen LogP contribution is -2.20. The molecular formula is C21H24N2O7. The Balaban J connectivity index is 2.02. The van der Waals surface area contributed by atoms with Crippen LogP contribution in [0.4, 0.5) is 5.69 Å². The van der Waals surface area contributed by atoms with E-state index in [-0.39, 0.29) is 30.2 Å². The molecule has 2 N–H and O–H groups in total. The zero-order valence-electron chi connectivity index (χ0n) is 17.3. The number of aromatic nitrogens is 1.